The van der Waals surface area contributed by atoms with E-state index in [9.17, 15) is 22.4 Å². The Labute approximate surface area is 190 Å². The van der Waals surface area contributed by atoms with Crippen molar-refractivity contribution in [2.24, 2.45) is 5.92 Å². The van der Waals surface area contributed by atoms with Gasteiger partial charge in [-0.3, -0.25) is 15.0 Å². The molecular weight excluding hydrogens is 453 g/mol. The largest absolute Gasteiger partial charge is 0.490 e. The molecule has 12 heteroatoms. The molecule has 1 saturated carbocycles. The Balaban J connectivity index is 1.36. The van der Waals surface area contributed by atoms with Crippen molar-refractivity contribution in [1.82, 2.24) is 20.0 Å². The van der Waals surface area contributed by atoms with E-state index in [4.69, 9.17) is 4.74 Å². The van der Waals surface area contributed by atoms with Gasteiger partial charge in [0.25, 0.3) is 0 Å². The van der Waals surface area contributed by atoms with Gasteiger partial charge in [-0.15, -0.1) is 0 Å². The van der Waals surface area contributed by atoms with Crippen LogP contribution in [-0.2, 0) is 21.2 Å². The number of nitrogens with one attached hydrogen (secondary N) is 2. The Kier molecular flexibility index (Phi) is 6.56. The van der Waals surface area contributed by atoms with Crippen LogP contribution in [0.5, 0.6) is 5.75 Å². The number of imide groups is 1. The Morgan fingerprint density at radius 1 is 1.30 bits per heavy atom. The number of nitrogens with zero attached hydrogens (tertiary/aromatic N) is 3. The van der Waals surface area contributed by atoms with Gasteiger partial charge in [0.1, 0.15) is 6.54 Å². The van der Waals surface area contributed by atoms with Gasteiger partial charge in [-0.2, -0.15) is 0 Å². The number of anilines is 1. The van der Waals surface area contributed by atoms with Crippen molar-refractivity contribution in [3.8, 4) is 5.75 Å². The quantitative estimate of drug-likeness (QED) is 0.498. The van der Waals surface area contributed by atoms with Crippen molar-refractivity contribution in [2.45, 2.75) is 32.2 Å². The van der Waals surface area contributed by atoms with Gasteiger partial charge in [0.05, 0.1) is 12.4 Å². The molecule has 0 bridgehead atoms. The molecule has 0 radical (unpaired) electrons. The second-order valence-electron chi connectivity index (χ2n) is 8.14. The first kappa shape index (κ1) is 23.1. The molecule has 2 heterocycles. The van der Waals surface area contributed by atoms with E-state index < -0.39 is 33.8 Å². The summed E-state index contributed by atoms with van der Waals surface area (Å²) < 4.78 is 47.4. The Morgan fingerprint density at radius 2 is 2.09 bits per heavy atom. The third-order valence-corrected chi connectivity index (χ3v) is 6.80. The lowest BCUT2D eigenvalue weighted by Crippen LogP contribution is -2.31. The second kappa shape index (κ2) is 9.40. The van der Waals surface area contributed by atoms with Gasteiger partial charge in [0, 0.05) is 24.4 Å². The van der Waals surface area contributed by atoms with Crippen LogP contribution in [0.3, 0.4) is 0 Å². The molecule has 1 aliphatic carbocycles. The molecular formula is C21H24FN5O5S. The number of rotatable bonds is 10. The molecule has 2 aromatic rings. The Morgan fingerprint density at radius 3 is 2.79 bits per heavy atom. The molecule has 0 spiro atoms. The lowest BCUT2D eigenvalue weighted by atomic mass is 10.1. The molecule has 176 valence electrons. The van der Waals surface area contributed by atoms with Gasteiger partial charge in [0.15, 0.2) is 11.6 Å². The molecule has 33 heavy (non-hydrogen) atoms. The standard InChI is InChI=1S/C21H24FN5O5S/c1-13(15-4-5-17(22)18(10-15)32-12-14-2-3-14)26-33(30,31)9-7-16-6-8-23-20(24-16)27-11-19(28)25-21(27)29/h4-6,8,10,13-14,26H,2-3,7,9,11-12H2,1H3,(H,25,28,29)/t13-/m1/s1. The number of benzene rings is 1. The average Bonchev–Trinajstić information content (AvgIpc) is 3.53. The first-order valence-corrected chi connectivity index (χ1v) is 12.2. The average molecular weight is 478 g/mol. The maximum Gasteiger partial charge on any atom is 0.331 e. The van der Waals surface area contributed by atoms with Crippen LogP contribution in [0.4, 0.5) is 15.1 Å². The summed E-state index contributed by atoms with van der Waals surface area (Å²) in [7, 11) is -3.71. The first-order chi connectivity index (χ1) is 15.7. The van der Waals surface area contributed by atoms with Crippen LogP contribution in [-0.4, -0.2) is 49.2 Å². The molecule has 2 N–H and O–H groups in total. The minimum atomic E-state index is -3.71. The highest BCUT2D eigenvalue weighted by molar-refractivity contribution is 7.89. The van der Waals surface area contributed by atoms with Crippen molar-refractivity contribution in [3.05, 3.63) is 47.5 Å². The smallest absolute Gasteiger partial charge is 0.331 e. The van der Waals surface area contributed by atoms with Gasteiger partial charge < -0.3 is 4.74 Å². The fraction of sp³-hybridized carbons (Fsp3) is 0.429. The fourth-order valence-electron chi connectivity index (χ4n) is 3.28. The SMILES string of the molecule is C[C@@H](NS(=O)(=O)CCc1ccnc(N2CC(=O)NC2=O)n1)c1ccc(F)c(OCC2CC2)c1. The number of amides is 3. The maximum atomic E-state index is 14.0. The van der Waals surface area contributed by atoms with E-state index in [1.807, 2.05) is 0 Å². The van der Waals surface area contributed by atoms with Crippen molar-refractivity contribution in [2.75, 3.05) is 23.8 Å². The van der Waals surface area contributed by atoms with Crippen LogP contribution in [0.1, 0.15) is 37.1 Å². The number of hydrogen-bond donors (Lipinski definition) is 2. The van der Waals surface area contributed by atoms with Gasteiger partial charge in [-0.1, -0.05) is 6.07 Å². The number of aromatic nitrogens is 2. The molecule has 3 amide bonds. The zero-order chi connectivity index (χ0) is 23.6. The van der Waals surface area contributed by atoms with Crippen molar-refractivity contribution in [1.29, 1.82) is 0 Å². The lowest BCUT2D eigenvalue weighted by molar-refractivity contribution is -0.117. The van der Waals surface area contributed by atoms with E-state index in [1.165, 1.54) is 24.4 Å². The molecule has 1 saturated heterocycles. The second-order valence-corrected chi connectivity index (χ2v) is 10.0. The molecule has 2 fully saturated rings. The van der Waals surface area contributed by atoms with Gasteiger partial charge in [0.2, 0.25) is 21.9 Å². The predicted molar refractivity (Wildman–Crippen MR) is 117 cm³/mol. The van der Waals surface area contributed by atoms with E-state index in [0.717, 1.165) is 17.7 Å². The monoisotopic (exact) mass is 477 g/mol. The maximum absolute atomic E-state index is 14.0. The predicted octanol–water partition coefficient (Wildman–Crippen LogP) is 1.68. The number of sulfonamides is 1. The van der Waals surface area contributed by atoms with Gasteiger partial charge >= 0.3 is 6.03 Å². The summed E-state index contributed by atoms with van der Waals surface area (Å²) in [5.74, 6) is -0.598. The summed E-state index contributed by atoms with van der Waals surface area (Å²) in [6.45, 7) is 1.93. The van der Waals surface area contributed by atoms with E-state index in [2.05, 4.69) is 20.0 Å². The Hall–Kier alpha value is -3.12. The zero-order valence-electron chi connectivity index (χ0n) is 18.0. The van der Waals surface area contributed by atoms with E-state index in [0.29, 0.717) is 23.8 Å². The highest BCUT2D eigenvalue weighted by Crippen LogP contribution is 2.31. The molecule has 1 aromatic carbocycles. The van der Waals surface area contributed by atoms with Crippen LogP contribution in [0.25, 0.3) is 0 Å². The van der Waals surface area contributed by atoms with Gasteiger partial charge in [-0.25, -0.2) is 32.3 Å². The van der Waals surface area contributed by atoms with Crippen LogP contribution < -0.4 is 19.7 Å². The minimum absolute atomic E-state index is 0.0274. The highest BCUT2D eigenvalue weighted by atomic mass is 32.2. The summed E-state index contributed by atoms with van der Waals surface area (Å²) in [4.78, 5) is 32.4. The van der Waals surface area contributed by atoms with Crippen molar-refractivity contribution >= 4 is 27.9 Å². The summed E-state index contributed by atoms with van der Waals surface area (Å²) in [6, 6.07) is 4.63. The first-order valence-electron chi connectivity index (χ1n) is 10.6. The number of urea groups is 1. The molecule has 1 atom stereocenters. The summed E-state index contributed by atoms with van der Waals surface area (Å²) in [6.07, 6.45) is 3.63. The topological polar surface area (TPSA) is 131 Å². The van der Waals surface area contributed by atoms with Crippen LogP contribution >= 0.6 is 0 Å². The number of ether oxygens (including phenoxy) is 1. The molecule has 1 aromatic heterocycles. The van der Waals surface area contributed by atoms with Crippen LogP contribution in [0.15, 0.2) is 30.5 Å². The molecule has 10 nitrogen and oxygen atoms in total. The third kappa shape index (κ3) is 6.02. The minimum Gasteiger partial charge on any atom is -0.490 e. The number of carbonyl (C=O) groups is 2. The summed E-state index contributed by atoms with van der Waals surface area (Å²) >= 11 is 0. The normalized spacial score (nSPS) is 17.2. The van der Waals surface area contributed by atoms with Crippen molar-refractivity contribution < 1.29 is 27.1 Å². The number of halogens is 1. The summed E-state index contributed by atoms with van der Waals surface area (Å²) in [5.41, 5.74) is 0.988. The van der Waals surface area contributed by atoms with E-state index >= 15 is 0 Å². The van der Waals surface area contributed by atoms with Crippen LogP contribution in [0, 0.1) is 11.7 Å². The third-order valence-electron chi connectivity index (χ3n) is 5.35. The zero-order valence-corrected chi connectivity index (χ0v) is 18.8. The number of carbonyl (C=O) groups excluding carboxylic acids is 2. The van der Waals surface area contributed by atoms with Gasteiger partial charge in [-0.05, 0) is 49.4 Å². The highest BCUT2D eigenvalue weighted by Gasteiger charge is 2.30. The van der Waals surface area contributed by atoms with E-state index in [-0.39, 0.29) is 30.4 Å². The number of aryl methyl sites for hydroxylation is 1. The Bertz CT molecular complexity index is 1170. The van der Waals surface area contributed by atoms with E-state index in [1.54, 1.807) is 13.0 Å². The fourth-order valence-corrected chi connectivity index (χ4v) is 4.55. The molecule has 1 aliphatic heterocycles. The summed E-state index contributed by atoms with van der Waals surface area (Å²) in [5, 5.41) is 2.13. The molecule has 2 aliphatic rings. The number of hydrogen-bond acceptors (Lipinski definition) is 7. The lowest BCUT2D eigenvalue weighted by Gasteiger charge is -2.16. The van der Waals surface area contributed by atoms with Crippen LogP contribution in [0.2, 0.25) is 0 Å². The van der Waals surface area contributed by atoms with Crippen molar-refractivity contribution in [3.63, 3.8) is 0 Å². The molecule has 4 rings (SSSR count). The molecule has 0 unspecified atom stereocenters.